The topological polar surface area (TPSA) is 26.3 Å². The Balaban J connectivity index is 1.39. The summed E-state index contributed by atoms with van der Waals surface area (Å²) in [7, 11) is -2.13. The minimum Gasteiger partial charge on any atom is -0.455 e. The van der Waals surface area contributed by atoms with Gasteiger partial charge in [-0.25, -0.2) is 0 Å². The lowest BCUT2D eigenvalue weighted by Gasteiger charge is -2.46. The molecule has 0 N–H and O–H groups in total. The molecule has 0 saturated heterocycles. The highest BCUT2D eigenvalue weighted by Crippen LogP contribution is 2.63. The van der Waals surface area contributed by atoms with Crippen molar-refractivity contribution in [2.24, 2.45) is 0 Å². The maximum Gasteiger partial charge on any atom is 0.144 e. The second-order valence-corrected chi connectivity index (χ2v) is 19.8. The summed E-state index contributed by atoms with van der Waals surface area (Å²) < 4.78 is 14.3. The summed E-state index contributed by atoms with van der Waals surface area (Å²) in [6, 6.07) is 62.4. The molecule has 254 valence electrons. The van der Waals surface area contributed by atoms with Crippen LogP contribution in [-0.2, 0) is 5.41 Å². The zero-order valence-corrected chi connectivity index (χ0v) is 31.0. The molecule has 1 spiro atoms. The molecule has 3 heteroatoms. The minimum atomic E-state index is -2.13. The van der Waals surface area contributed by atoms with E-state index in [0.717, 1.165) is 55.0 Å². The first-order valence-corrected chi connectivity index (χ1v) is 21.9. The lowest BCUT2D eigenvalue weighted by molar-refractivity contribution is 0.665. The van der Waals surface area contributed by atoms with Crippen LogP contribution in [0.3, 0.4) is 0 Å². The second-order valence-electron chi connectivity index (χ2n) is 15.5. The highest BCUT2D eigenvalue weighted by Gasteiger charge is 2.56. The number of hydrogen-bond donors (Lipinski definition) is 0. The zero-order valence-electron chi connectivity index (χ0n) is 30.0. The fraction of sp³-hybridized carbons (Fsp3) is 0.0588. The Morgan fingerprint density at radius 2 is 0.796 bits per heavy atom. The van der Waals surface area contributed by atoms with E-state index in [1.54, 1.807) is 0 Å². The molecule has 3 heterocycles. The summed E-state index contributed by atoms with van der Waals surface area (Å²) in [6.45, 7) is 5.04. The molecule has 0 unspecified atom stereocenters. The second kappa shape index (κ2) is 10.6. The normalized spacial score (nSPS) is 14.8. The summed E-state index contributed by atoms with van der Waals surface area (Å²) in [4.78, 5) is 0. The Morgan fingerprint density at radius 3 is 1.26 bits per heavy atom. The predicted molar refractivity (Wildman–Crippen MR) is 226 cm³/mol. The molecule has 0 radical (unpaired) electrons. The van der Waals surface area contributed by atoms with Crippen molar-refractivity contribution < 1.29 is 8.83 Å². The third kappa shape index (κ3) is 3.65. The van der Waals surface area contributed by atoms with Crippen LogP contribution in [0.1, 0.15) is 22.3 Å². The van der Waals surface area contributed by atoms with Crippen LogP contribution >= 0.6 is 0 Å². The lowest BCUT2D eigenvalue weighted by Crippen LogP contribution is -2.63. The summed E-state index contributed by atoms with van der Waals surface area (Å²) in [5.41, 5.74) is 15.2. The molecule has 0 bridgehead atoms. The third-order valence-corrected chi connectivity index (χ3v) is 16.1. The number of rotatable bonds is 2. The molecule has 10 aromatic rings. The van der Waals surface area contributed by atoms with Gasteiger partial charge in [-0.1, -0.05) is 159 Å². The molecule has 0 amide bonds. The van der Waals surface area contributed by atoms with Crippen LogP contribution in [0.2, 0.25) is 13.1 Å². The smallest absolute Gasteiger partial charge is 0.144 e. The van der Waals surface area contributed by atoms with E-state index in [4.69, 9.17) is 8.83 Å². The average molecular weight is 707 g/mol. The number of para-hydroxylation sites is 2. The van der Waals surface area contributed by atoms with E-state index in [1.165, 1.54) is 54.9 Å². The van der Waals surface area contributed by atoms with Gasteiger partial charge in [0.15, 0.2) is 0 Å². The molecule has 1 aliphatic heterocycles. The van der Waals surface area contributed by atoms with E-state index in [0.29, 0.717) is 0 Å². The van der Waals surface area contributed by atoms with Gasteiger partial charge in [0, 0.05) is 32.7 Å². The Kier molecular flexibility index (Phi) is 5.90. The quantitative estimate of drug-likeness (QED) is 0.167. The molecular formula is C51H34O2Si. The number of furan rings is 2. The summed E-state index contributed by atoms with van der Waals surface area (Å²) >= 11 is 0. The van der Waals surface area contributed by atoms with Gasteiger partial charge in [-0.05, 0) is 79.1 Å². The number of fused-ring (bicyclic) bond motifs is 17. The van der Waals surface area contributed by atoms with Gasteiger partial charge in [-0.15, -0.1) is 0 Å². The SMILES string of the molecule is C[Si]1(C)c2ccccc2C2(c3ccccc31)c1cc(-c3ccccc3)c3c(oc4ccccc43)c1-c1c2cc(-c2ccccc2)c2c1oc1ccccc12. The molecule has 2 aliphatic rings. The van der Waals surface area contributed by atoms with E-state index in [-0.39, 0.29) is 0 Å². The molecule has 1 aliphatic carbocycles. The molecule has 0 saturated carbocycles. The van der Waals surface area contributed by atoms with Gasteiger partial charge in [0.1, 0.15) is 30.4 Å². The standard InChI is InChI=1S/C51H34O2Si/c1-54(2)43-27-15-11-23-37(43)51(38-24-12-16-28-44(38)54)39-29-35(31-17-5-3-6-18-31)45-33-21-9-13-25-41(33)52-49(45)47(39)48-40(51)30-36(32-19-7-4-8-20-32)46-34-22-10-14-26-42(34)53-50(46)48/h3-30H,1-2H3. The largest absolute Gasteiger partial charge is 0.455 e. The Bertz CT molecular complexity index is 2970. The Labute approximate surface area is 313 Å². The predicted octanol–water partition coefficient (Wildman–Crippen LogP) is 12.3. The van der Waals surface area contributed by atoms with Crippen molar-refractivity contribution in [3.05, 3.63) is 192 Å². The first kappa shape index (κ1) is 30.1. The zero-order chi connectivity index (χ0) is 35.8. The summed E-state index contributed by atoms with van der Waals surface area (Å²) in [5.74, 6) is 0. The van der Waals surface area contributed by atoms with Crippen LogP contribution in [0.5, 0.6) is 0 Å². The van der Waals surface area contributed by atoms with E-state index in [2.05, 4.69) is 183 Å². The van der Waals surface area contributed by atoms with Crippen LogP contribution in [0.25, 0.3) is 77.3 Å². The van der Waals surface area contributed by atoms with E-state index in [9.17, 15) is 0 Å². The van der Waals surface area contributed by atoms with Crippen LogP contribution < -0.4 is 10.4 Å². The fourth-order valence-corrected chi connectivity index (χ4v) is 13.5. The van der Waals surface area contributed by atoms with Gasteiger partial charge in [0.2, 0.25) is 0 Å². The first-order valence-electron chi connectivity index (χ1n) is 18.9. The molecule has 0 fully saturated rings. The minimum absolute atomic E-state index is 0.631. The first-order chi connectivity index (χ1) is 26.6. The van der Waals surface area contributed by atoms with Gasteiger partial charge >= 0.3 is 0 Å². The lowest BCUT2D eigenvalue weighted by atomic mass is 9.66. The highest BCUT2D eigenvalue weighted by atomic mass is 28.3. The van der Waals surface area contributed by atoms with Crippen molar-refractivity contribution in [1.29, 1.82) is 0 Å². The van der Waals surface area contributed by atoms with E-state index < -0.39 is 13.5 Å². The van der Waals surface area contributed by atoms with Crippen molar-refractivity contribution in [1.82, 2.24) is 0 Å². The van der Waals surface area contributed by atoms with Gasteiger partial charge in [0.25, 0.3) is 0 Å². The molecule has 2 aromatic heterocycles. The molecule has 12 rings (SSSR count). The van der Waals surface area contributed by atoms with Gasteiger partial charge in [0.05, 0.1) is 5.41 Å². The maximum atomic E-state index is 7.17. The molecule has 0 atom stereocenters. The van der Waals surface area contributed by atoms with Crippen LogP contribution in [0.4, 0.5) is 0 Å². The third-order valence-electron chi connectivity index (χ3n) is 12.5. The van der Waals surface area contributed by atoms with Crippen LogP contribution in [-0.4, -0.2) is 8.07 Å². The van der Waals surface area contributed by atoms with E-state index in [1.807, 2.05) is 0 Å². The van der Waals surface area contributed by atoms with Crippen LogP contribution in [0, 0.1) is 0 Å². The van der Waals surface area contributed by atoms with Gasteiger partial charge < -0.3 is 8.83 Å². The molecule has 8 aromatic carbocycles. The fourth-order valence-electron chi connectivity index (χ4n) is 10.3. The molecular weight excluding hydrogens is 673 g/mol. The van der Waals surface area contributed by atoms with Gasteiger partial charge in [-0.2, -0.15) is 0 Å². The maximum absolute atomic E-state index is 7.17. The molecule has 2 nitrogen and oxygen atoms in total. The number of hydrogen-bond acceptors (Lipinski definition) is 2. The number of benzene rings is 8. The summed E-state index contributed by atoms with van der Waals surface area (Å²) in [5, 5.41) is 7.47. The van der Waals surface area contributed by atoms with E-state index >= 15 is 0 Å². The Hall–Kier alpha value is -6.42. The van der Waals surface area contributed by atoms with Crippen molar-refractivity contribution >= 4 is 62.3 Å². The molecule has 54 heavy (non-hydrogen) atoms. The van der Waals surface area contributed by atoms with Crippen molar-refractivity contribution in [3.63, 3.8) is 0 Å². The van der Waals surface area contributed by atoms with Crippen molar-refractivity contribution in [3.8, 4) is 33.4 Å². The monoisotopic (exact) mass is 706 g/mol. The van der Waals surface area contributed by atoms with Crippen molar-refractivity contribution in [2.75, 3.05) is 0 Å². The van der Waals surface area contributed by atoms with Gasteiger partial charge in [-0.3, -0.25) is 0 Å². The van der Waals surface area contributed by atoms with Crippen molar-refractivity contribution in [2.45, 2.75) is 18.5 Å². The Morgan fingerprint density at radius 1 is 0.407 bits per heavy atom. The van der Waals surface area contributed by atoms with Crippen LogP contribution in [0.15, 0.2) is 179 Å². The average Bonchev–Trinajstić information content (AvgIpc) is 3.89. The summed E-state index contributed by atoms with van der Waals surface area (Å²) in [6.07, 6.45) is 0. The highest BCUT2D eigenvalue weighted by molar-refractivity contribution is 7.01.